The van der Waals surface area contributed by atoms with Crippen LogP contribution in [0, 0.1) is 23.7 Å². The molecule has 0 radical (unpaired) electrons. The number of hydrogen-bond donors (Lipinski definition) is 0. The summed E-state index contributed by atoms with van der Waals surface area (Å²) < 4.78 is 88.9. The van der Waals surface area contributed by atoms with Crippen molar-refractivity contribution in [2.75, 3.05) is 6.61 Å². The molecule has 0 aliphatic carbocycles. The van der Waals surface area contributed by atoms with Crippen LogP contribution in [-0.2, 0) is 19.1 Å². The summed E-state index contributed by atoms with van der Waals surface area (Å²) in [5, 5.41) is 0. The SMILES string of the molecule is CC(C)C1COC(=O)N1C(=O)C(CCC(F)(F)F)C(CC(C)C(F)(F)F)C(=O)OC(C)(C)C. The van der Waals surface area contributed by atoms with E-state index in [4.69, 9.17) is 9.47 Å². The first-order valence-electron chi connectivity index (χ1n) is 10.6. The molecule has 0 aromatic heterocycles. The van der Waals surface area contributed by atoms with Gasteiger partial charge in [0.15, 0.2) is 0 Å². The number of carbonyl (C=O) groups excluding carboxylic acids is 3. The van der Waals surface area contributed by atoms with E-state index in [0.29, 0.717) is 4.90 Å². The fraction of sp³-hybridized carbons (Fsp3) is 0.857. The molecule has 6 nitrogen and oxygen atoms in total. The summed E-state index contributed by atoms with van der Waals surface area (Å²) in [6.45, 7) is 8.17. The van der Waals surface area contributed by atoms with Gasteiger partial charge in [0.1, 0.15) is 12.2 Å². The minimum atomic E-state index is -4.76. The Kier molecular flexibility index (Phi) is 9.24. The maximum atomic E-state index is 13.3. The van der Waals surface area contributed by atoms with Gasteiger partial charge in [0.25, 0.3) is 0 Å². The first kappa shape index (κ1) is 29.0. The van der Waals surface area contributed by atoms with Crippen molar-refractivity contribution in [2.45, 2.75) is 84.8 Å². The van der Waals surface area contributed by atoms with Crippen LogP contribution in [0.1, 0.15) is 60.8 Å². The highest BCUT2D eigenvalue weighted by atomic mass is 19.4. The first-order valence-corrected chi connectivity index (χ1v) is 10.6. The van der Waals surface area contributed by atoms with Crippen LogP contribution in [-0.4, -0.2) is 53.5 Å². The maximum Gasteiger partial charge on any atom is 0.416 e. The third-order valence-electron chi connectivity index (χ3n) is 5.33. The van der Waals surface area contributed by atoms with Crippen molar-refractivity contribution in [3.05, 3.63) is 0 Å². The Labute approximate surface area is 188 Å². The van der Waals surface area contributed by atoms with Crippen LogP contribution >= 0.6 is 0 Å². The molecule has 33 heavy (non-hydrogen) atoms. The monoisotopic (exact) mass is 491 g/mol. The van der Waals surface area contributed by atoms with E-state index in [2.05, 4.69) is 0 Å². The predicted molar refractivity (Wildman–Crippen MR) is 105 cm³/mol. The number of carbonyl (C=O) groups is 3. The van der Waals surface area contributed by atoms with Gasteiger partial charge in [-0.1, -0.05) is 20.8 Å². The van der Waals surface area contributed by atoms with E-state index in [1.54, 1.807) is 13.8 Å². The van der Waals surface area contributed by atoms with Crippen LogP contribution < -0.4 is 0 Å². The highest BCUT2D eigenvalue weighted by Crippen LogP contribution is 2.38. The Morgan fingerprint density at radius 3 is 2.03 bits per heavy atom. The zero-order valence-corrected chi connectivity index (χ0v) is 19.5. The lowest BCUT2D eigenvalue weighted by molar-refractivity contribution is -0.185. The zero-order valence-electron chi connectivity index (χ0n) is 19.5. The average molecular weight is 491 g/mol. The van der Waals surface area contributed by atoms with Crippen molar-refractivity contribution in [2.24, 2.45) is 23.7 Å². The maximum absolute atomic E-state index is 13.3. The molecule has 1 saturated heterocycles. The van der Waals surface area contributed by atoms with Crippen molar-refractivity contribution in [3.63, 3.8) is 0 Å². The summed E-state index contributed by atoms with van der Waals surface area (Å²) in [7, 11) is 0. The topological polar surface area (TPSA) is 72.9 Å². The fourth-order valence-electron chi connectivity index (χ4n) is 3.49. The molecule has 2 amide bonds. The lowest BCUT2D eigenvalue weighted by Crippen LogP contribution is -2.49. The molecule has 0 N–H and O–H groups in total. The largest absolute Gasteiger partial charge is 0.460 e. The standard InChI is InChI=1S/C21H31F6NO5/c1-11(2)15-10-32-18(31)28(15)16(29)13(7-8-20(22,23)24)14(9-12(3)21(25,26)27)17(30)33-19(4,5)6/h11-15H,7-10H2,1-6H3. The second-order valence-corrected chi connectivity index (χ2v) is 9.68. The number of amides is 2. The molecule has 4 unspecified atom stereocenters. The molecular formula is C21H31F6NO5. The molecule has 0 bridgehead atoms. The van der Waals surface area contributed by atoms with Crippen LogP contribution in [0.3, 0.4) is 0 Å². The van der Waals surface area contributed by atoms with E-state index >= 15 is 0 Å². The number of cyclic esters (lactones) is 1. The second-order valence-electron chi connectivity index (χ2n) is 9.68. The van der Waals surface area contributed by atoms with Crippen molar-refractivity contribution < 1.29 is 50.2 Å². The van der Waals surface area contributed by atoms with Gasteiger partial charge < -0.3 is 9.47 Å². The molecule has 0 aromatic carbocycles. The molecule has 1 aliphatic heterocycles. The molecule has 0 saturated carbocycles. The van der Waals surface area contributed by atoms with E-state index in [1.807, 2.05) is 0 Å². The second kappa shape index (κ2) is 10.5. The van der Waals surface area contributed by atoms with Gasteiger partial charge in [0.2, 0.25) is 5.91 Å². The molecule has 1 fully saturated rings. The highest BCUT2D eigenvalue weighted by molar-refractivity contribution is 5.96. The van der Waals surface area contributed by atoms with Gasteiger partial charge in [-0.2, -0.15) is 26.3 Å². The number of ether oxygens (including phenoxy) is 2. The van der Waals surface area contributed by atoms with Crippen LogP contribution in [0.25, 0.3) is 0 Å². The van der Waals surface area contributed by atoms with Crippen molar-refractivity contribution in [1.82, 2.24) is 4.90 Å². The van der Waals surface area contributed by atoms with E-state index in [1.165, 1.54) is 20.8 Å². The van der Waals surface area contributed by atoms with E-state index < -0.39 is 79.0 Å². The van der Waals surface area contributed by atoms with Crippen LogP contribution in [0.4, 0.5) is 31.1 Å². The molecule has 4 atom stereocenters. The van der Waals surface area contributed by atoms with Gasteiger partial charge in [-0.15, -0.1) is 0 Å². The molecule has 0 spiro atoms. The average Bonchev–Trinajstić information content (AvgIpc) is 2.98. The van der Waals surface area contributed by atoms with E-state index in [0.717, 1.165) is 6.92 Å². The van der Waals surface area contributed by atoms with Gasteiger partial charge in [-0.3, -0.25) is 9.59 Å². The Morgan fingerprint density at radius 1 is 1.06 bits per heavy atom. The quantitative estimate of drug-likeness (QED) is 0.331. The Balaban J connectivity index is 3.46. The number of alkyl halides is 6. The predicted octanol–water partition coefficient (Wildman–Crippen LogP) is 5.49. The third-order valence-corrected chi connectivity index (χ3v) is 5.33. The number of halogens is 6. The Hall–Kier alpha value is -2.01. The van der Waals surface area contributed by atoms with Crippen molar-refractivity contribution in [3.8, 4) is 0 Å². The molecule has 0 aromatic rings. The minimum absolute atomic E-state index is 0.204. The Morgan fingerprint density at radius 2 is 1.61 bits per heavy atom. The first-order chi connectivity index (χ1) is 14.7. The molecule has 12 heteroatoms. The number of nitrogens with zero attached hydrogens (tertiary/aromatic N) is 1. The lowest BCUT2D eigenvalue weighted by atomic mass is 9.80. The van der Waals surface area contributed by atoms with Crippen LogP contribution in [0.15, 0.2) is 0 Å². The molecule has 1 heterocycles. The molecule has 1 aliphatic rings. The summed E-state index contributed by atoms with van der Waals surface area (Å²) in [6, 6.07) is -0.822. The van der Waals surface area contributed by atoms with Crippen molar-refractivity contribution >= 4 is 18.0 Å². The number of rotatable bonds is 8. The summed E-state index contributed by atoms with van der Waals surface area (Å²) in [6.07, 6.45) is -14.1. The molecule has 192 valence electrons. The van der Waals surface area contributed by atoms with Gasteiger partial charge >= 0.3 is 24.4 Å². The summed E-state index contributed by atoms with van der Waals surface area (Å²) in [5.41, 5.74) is -1.17. The van der Waals surface area contributed by atoms with Gasteiger partial charge in [-0.25, -0.2) is 9.69 Å². The highest BCUT2D eigenvalue weighted by Gasteiger charge is 2.49. The zero-order chi connectivity index (χ0) is 25.9. The van der Waals surface area contributed by atoms with Crippen molar-refractivity contribution in [1.29, 1.82) is 0 Å². The van der Waals surface area contributed by atoms with Crippen LogP contribution in [0.5, 0.6) is 0 Å². The Bertz CT molecular complexity index is 713. The number of imide groups is 1. The number of esters is 1. The smallest absolute Gasteiger partial charge is 0.416 e. The molecular weight excluding hydrogens is 460 g/mol. The normalized spacial score (nSPS) is 20.5. The van der Waals surface area contributed by atoms with Gasteiger partial charge in [0.05, 0.1) is 23.8 Å². The summed E-state index contributed by atoms with van der Waals surface area (Å²) >= 11 is 0. The fourth-order valence-corrected chi connectivity index (χ4v) is 3.49. The third kappa shape index (κ3) is 8.69. The van der Waals surface area contributed by atoms with Crippen LogP contribution in [0.2, 0.25) is 0 Å². The van der Waals surface area contributed by atoms with Gasteiger partial charge in [-0.05, 0) is 39.5 Å². The molecule has 1 rings (SSSR count). The van der Waals surface area contributed by atoms with E-state index in [9.17, 15) is 40.7 Å². The van der Waals surface area contributed by atoms with E-state index in [-0.39, 0.29) is 12.5 Å². The lowest BCUT2D eigenvalue weighted by Gasteiger charge is -2.33. The number of hydrogen-bond acceptors (Lipinski definition) is 5. The van der Waals surface area contributed by atoms with Gasteiger partial charge in [0, 0.05) is 6.42 Å². The summed E-state index contributed by atoms with van der Waals surface area (Å²) in [4.78, 5) is 39.0. The summed E-state index contributed by atoms with van der Waals surface area (Å²) in [5.74, 6) is -8.56. The minimum Gasteiger partial charge on any atom is -0.460 e.